The highest BCUT2D eigenvalue weighted by atomic mass is 79.9. The fourth-order valence-electron chi connectivity index (χ4n) is 2.58. The van der Waals surface area contributed by atoms with E-state index in [0.29, 0.717) is 0 Å². The van der Waals surface area contributed by atoms with Crippen LogP contribution in [0.3, 0.4) is 0 Å². The highest BCUT2D eigenvalue weighted by molar-refractivity contribution is 9.10. The highest BCUT2D eigenvalue weighted by Crippen LogP contribution is 2.27. The number of nitrogens with one attached hydrogen (secondary N) is 1. The number of nitrogens with zero attached hydrogens (tertiary/aromatic N) is 5. The minimum Gasteiger partial charge on any atom is -0.313 e. The molecule has 21 heavy (non-hydrogen) atoms. The second kappa shape index (κ2) is 5.57. The molecule has 1 N–H and O–H groups in total. The molecule has 0 bridgehead atoms. The summed E-state index contributed by atoms with van der Waals surface area (Å²) in [6.45, 7) is 2.00. The molecule has 0 radical (unpaired) electrons. The number of hydrogen-bond acceptors (Lipinski definition) is 4. The molecule has 0 aliphatic heterocycles. The first-order chi connectivity index (χ1) is 10.1. The topological polar surface area (TPSA) is 60.0 Å². The Morgan fingerprint density at radius 1 is 1.38 bits per heavy atom. The summed E-state index contributed by atoms with van der Waals surface area (Å²) in [5.74, 6) is 0. The van der Waals surface area contributed by atoms with E-state index in [2.05, 4.69) is 36.4 Å². The Kier molecular flexibility index (Phi) is 3.77. The molecule has 0 saturated carbocycles. The second-order valence-corrected chi connectivity index (χ2v) is 5.81. The minimum atomic E-state index is 0.151. The van der Waals surface area contributed by atoms with Crippen LogP contribution in [-0.2, 0) is 13.5 Å². The summed E-state index contributed by atoms with van der Waals surface area (Å²) in [6.07, 6.45) is 8.16. The first-order valence-electron chi connectivity index (χ1n) is 6.74. The van der Waals surface area contributed by atoms with Crippen molar-refractivity contribution in [2.75, 3.05) is 7.05 Å². The van der Waals surface area contributed by atoms with Crippen molar-refractivity contribution in [2.24, 2.45) is 7.05 Å². The van der Waals surface area contributed by atoms with Gasteiger partial charge in [0.2, 0.25) is 0 Å². The van der Waals surface area contributed by atoms with E-state index in [4.69, 9.17) is 0 Å². The van der Waals surface area contributed by atoms with Crippen LogP contribution >= 0.6 is 15.9 Å². The molecule has 3 aromatic heterocycles. The molecule has 1 unspecified atom stereocenters. The molecule has 3 heterocycles. The molecule has 0 saturated heterocycles. The third kappa shape index (κ3) is 2.47. The number of aromatic nitrogens is 5. The number of fused-ring (bicyclic) bond motifs is 1. The van der Waals surface area contributed by atoms with Crippen molar-refractivity contribution in [1.82, 2.24) is 29.7 Å². The first kappa shape index (κ1) is 14.2. The zero-order chi connectivity index (χ0) is 15.0. The summed E-state index contributed by atoms with van der Waals surface area (Å²) in [5, 5.41) is 12.2. The fraction of sp³-hybridized carbons (Fsp3) is 0.357. The molecule has 7 heteroatoms. The van der Waals surface area contributed by atoms with Gasteiger partial charge in [0.15, 0.2) is 0 Å². The van der Waals surface area contributed by atoms with Gasteiger partial charge in [0.25, 0.3) is 0 Å². The lowest BCUT2D eigenvalue weighted by Gasteiger charge is -2.15. The Balaban J connectivity index is 1.99. The predicted octanol–water partition coefficient (Wildman–Crippen LogP) is 2.04. The van der Waals surface area contributed by atoms with Crippen molar-refractivity contribution < 1.29 is 0 Å². The Hall–Kier alpha value is -1.73. The van der Waals surface area contributed by atoms with Crippen LogP contribution in [0.1, 0.15) is 23.0 Å². The molecule has 0 aliphatic carbocycles. The Labute approximate surface area is 131 Å². The monoisotopic (exact) mass is 348 g/mol. The summed E-state index contributed by atoms with van der Waals surface area (Å²) in [5.41, 5.74) is 4.32. The predicted molar refractivity (Wildman–Crippen MR) is 84.1 cm³/mol. The molecular weight excluding hydrogens is 332 g/mol. The van der Waals surface area contributed by atoms with Crippen molar-refractivity contribution in [3.8, 4) is 0 Å². The normalized spacial score (nSPS) is 13.0. The lowest BCUT2D eigenvalue weighted by Crippen LogP contribution is -2.20. The minimum absolute atomic E-state index is 0.151. The Morgan fingerprint density at radius 2 is 2.19 bits per heavy atom. The number of rotatable bonds is 4. The van der Waals surface area contributed by atoms with E-state index in [1.807, 2.05) is 48.8 Å². The quantitative estimate of drug-likeness (QED) is 0.783. The summed E-state index contributed by atoms with van der Waals surface area (Å²) < 4.78 is 4.84. The zero-order valence-electron chi connectivity index (χ0n) is 12.2. The largest absolute Gasteiger partial charge is 0.313 e. The third-order valence-corrected chi connectivity index (χ3v) is 4.77. The second-order valence-electron chi connectivity index (χ2n) is 5.02. The van der Waals surface area contributed by atoms with E-state index >= 15 is 0 Å². The molecule has 0 spiro atoms. The molecule has 3 rings (SSSR count). The molecule has 0 aliphatic rings. The molecule has 110 valence electrons. The molecule has 0 fully saturated rings. The molecule has 1 atom stereocenters. The maximum Gasteiger partial charge on any atom is 0.0892 e. The van der Waals surface area contributed by atoms with Crippen LogP contribution < -0.4 is 5.32 Å². The summed E-state index contributed by atoms with van der Waals surface area (Å²) in [7, 11) is 3.93. The van der Waals surface area contributed by atoms with Crippen LogP contribution in [0.2, 0.25) is 0 Å². The average Bonchev–Trinajstić information content (AvgIpc) is 3.00. The summed E-state index contributed by atoms with van der Waals surface area (Å²) in [4.78, 5) is 4.19. The molecule has 0 amide bonds. The van der Waals surface area contributed by atoms with Crippen molar-refractivity contribution in [2.45, 2.75) is 19.4 Å². The lowest BCUT2D eigenvalue weighted by atomic mass is 10.0. The van der Waals surface area contributed by atoms with Gasteiger partial charge in [0.05, 0.1) is 33.8 Å². The highest BCUT2D eigenvalue weighted by Gasteiger charge is 2.20. The van der Waals surface area contributed by atoms with Crippen LogP contribution in [0.5, 0.6) is 0 Å². The van der Waals surface area contributed by atoms with E-state index in [1.54, 1.807) is 6.20 Å². The maximum absolute atomic E-state index is 4.45. The van der Waals surface area contributed by atoms with E-state index in [9.17, 15) is 0 Å². The standard InChI is InChI=1S/C14H17BrN6/c1-9-14(15)12(20(3)19-9)6-11(16-2)10-7-18-21-5-4-17-8-13(10)21/h4-5,7-8,11,16H,6H2,1-3H3. The van der Waals surface area contributed by atoms with Gasteiger partial charge in [0, 0.05) is 37.5 Å². The number of aryl methyl sites for hydroxylation is 2. The molecule has 6 nitrogen and oxygen atoms in total. The van der Waals surface area contributed by atoms with Gasteiger partial charge in [-0.25, -0.2) is 4.52 Å². The number of hydrogen-bond donors (Lipinski definition) is 1. The number of halogens is 1. The van der Waals surface area contributed by atoms with Crippen LogP contribution in [0.15, 0.2) is 29.3 Å². The Morgan fingerprint density at radius 3 is 2.86 bits per heavy atom. The lowest BCUT2D eigenvalue weighted by molar-refractivity contribution is 0.563. The van der Waals surface area contributed by atoms with Gasteiger partial charge in [-0.15, -0.1) is 0 Å². The van der Waals surface area contributed by atoms with Gasteiger partial charge >= 0.3 is 0 Å². The molecule has 0 aromatic carbocycles. The van der Waals surface area contributed by atoms with Gasteiger partial charge < -0.3 is 5.32 Å². The Bertz CT molecular complexity index is 775. The zero-order valence-corrected chi connectivity index (χ0v) is 13.8. The van der Waals surface area contributed by atoms with Gasteiger partial charge in [-0.1, -0.05) is 0 Å². The van der Waals surface area contributed by atoms with Crippen LogP contribution in [0.4, 0.5) is 0 Å². The van der Waals surface area contributed by atoms with E-state index in [-0.39, 0.29) is 6.04 Å². The van der Waals surface area contributed by atoms with Crippen molar-refractivity contribution in [3.05, 3.63) is 46.2 Å². The van der Waals surface area contributed by atoms with Crippen LogP contribution in [0.25, 0.3) is 5.52 Å². The SMILES string of the molecule is CNC(Cc1c(Br)c(C)nn1C)c1cnn2ccncc12. The average molecular weight is 349 g/mol. The smallest absolute Gasteiger partial charge is 0.0892 e. The maximum atomic E-state index is 4.45. The number of likely N-dealkylation sites (N-methyl/N-ethyl adjacent to an activating group) is 1. The van der Waals surface area contributed by atoms with Gasteiger partial charge in [-0.2, -0.15) is 10.2 Å². The van der Waals surface area contributed by atoms with Crippen molar-refractivity contribution in [1.29, 1.82) is 0 Å². The van der Waals surface area contributed by atoms with E-state index in [0.717, 1.165) is 33.4 Å². The van der Waals surface area contributed by atoms with Crippen LogP contribution in [0, 0.1) is 6.92 Å². The van der Waals surface area contributed by atoms with Gasteiger partial charge in [-0.3, -0.25) is 9.67 Å². The molecule has 3 aromatic rings. The fourth-order valence-corrected chi connectivity index (χ4v) is 3.08. The van der Waals surface area contributed by atoms with Gasteiger partial charge in [0.1, 0.15) is 0 Å². The summed E-state index contributed by atoms with van der Waals surface area (Å²) >= 11 is 3.63. The van der Waals surface area contributed by atoms with E-state index < -0.39 is 0 Å². The van der Waals surface area contributed by atoms with Crippen molar-refractivity contribution >= 4 is 21.4 Å². The third-order valence-electron chi connectivity index (χ3n) is 3.74. The van der Waals surface area contributed by atoms with Gasteiger partial charge in [-0.05, 0) is 29.9 Å². The van der Waals surface area contributed by atoms with Crippen LogP contribution in [-0.4, -0.2) is 31.4 Å². The van der Waals surface area contributed by atoms with Crippen molar-refractivity contribution in [3.63, 3.8) is 0 Å². The first-order valence-corrected chi connectivity index (χ1v) is 7.53. The summed E-state index contributed by atoms with van der Waals surface area (Å²) in [6, 6.07) is 0.151. The van der Waals surface area contributed by atoms with E-state index in [1.165, 1.54) is 0 Å². The molecular formula is C14H17BrN6.